The molecule has 2 unspecified atom stereocenters. The van der Waals surface area contributed by atoms with E-state index in [1.165, 1.54) is 6.42 Å². The first kappa shape index (κ1) is 14.8. The number of amides is 3. The van der Waals surface area contributed by atoms with E-state index in [9.17, 15) is 14.4 Å². The summed E-state index contributed by atoms with van der Waals surface area (Å²) in [4.78, 5) is 35.5. The van der Waals surface area contributed by atoms with Crippen LogP contribution in [0.1, 0.15) is 32.1 Å². The van der Waals surface area contributed by atoms with Crippen LogP contribution in [0.5, 0.6) is 0 Å². The van der Waals surface area contributed by atoms with Gasteiger partial charge in [-0.25, -0.2) is 9.59 Å². The third kappa shape index (κ3) is 3.69. The molecule has 0 aromatic rings. The lowest BCUT2D eigenvalue weighted by molar-refractivity contribution is -0.143. The van der Waals surface area contributed by atoms with Crippen LogP contribution in [0.15, 0.2) is 0 Å². The number of urea groups is 1. The van der Waals surface area contributed by atoms with Gasteiger partial charge in [-0.15, -0.1) is 0 Å². The van der Waals surface area contributed by atoms with Crippen molar-refractivity contribution in [2.75, 3.05) is 19.8 Å². The second kappa shape index (κ2) is 6.69. The number of rotatable bonds is 4. The van der Waals surface area contributed by atoms with Crippen molar-refractivity contribution in [1.29, 1.82) is 0 Å². The Balaban J connectivity index is 1.76. The van der Waals surface area contributed by atoms with Crippen molar-refractivity contribution in [3.8, 4) is 0 Å². The van der Waals surface area contributed by atoms with Gasteiger partial charge in [-0.2, -0.15) is 0 Å². The second-order valence-corrected chi connectivity index (χ2v) is 5.33. The quantitative estimate of drug-likeness (QED) is 0.787. The molecule has 2 rings (SSSR count). The maximum absolute atomic E-state index is 12.0. The number of aliphatic carboxylic acids is 1. The van der Waals surface area contributed by atoms with Crippen molar-refractivity contribution in [3.05, 3.63) is 0 Å². The molecule has 0 aromatic heterocycles. The summed E-state index contributed by atoms with van der Waals surface area (Å²) in [5.74, 6) is -1.18. The molecule has 1 aliphatic carbocycles. The molecule has 1 aliphatic heterocycles. The molecular formula is C13H20N2O5. The van der Waals surface area contributed by atoms with Gasteiger partial charge < -0.3 is 14.7 Å². The summed E-state index contributed by atoms with van der Waals surface area (Å²) in [6, 6.07) is -0.139. The van der Waals surface area contributed by atoms with Gasteiger partial charge in [-0.3, -0.25) is 10.1 Å². The monoisotopic (exact) mass is 284 g/mol. The molecule has 7 heteroatoms. The average molecular weight is 284 g/mol. The summed E-state index contributed by atoms with van der Waals surface area (Å²) in [7, 11) is 0. The Kier molecular flexibility index (Phi) is 4.94. The lowest BCUT2D eigenvalue weighted by atomic mass is 9.85. The van der Waals surface area contributed by atoms with Gasteiger partial charge in [0.25, 0.3) is 5.91 Å². The smallest absolute Gasteiger partial charge is 0.329 e. The summed E-state index contributed by atoms with van der Waals surface area (Å²) < 4.78 is 4.64. The SMILES string of the molecule is O=C(O)COCC(=O)NC(=O)N1CCC2CCCCC21. The van der Waals surface area contributed by atoms with Gasteiger partial charge in [0.15, 0.2) is 0 Å². The van der Waals surface area contributed by atoms with Crippen LogP contribution in [0, 0.1) is 5.92 Å². The van der Waals surface area contributed by atoms with Gasteiger partial charge in [0.2, 0.25) is 0 Å². The van der Waals surface area contributed by atoms with Crippen molar-refractivity contribution >= 4 is 17.9 Å². The van der Waals surface area contributed by atoms with Crippen molar-refractivity contribution in [3.63, 3.8) is 0 Å². The number of carbonyl (C=O) groups excluding carboxylic acids is 2. The Hall–Kier alpha value is -1.63. The van der Waals surface area contributed by atoms with Crippen LogP contribution in [0.25, 0.3) is 0 Å². The van der Waals surface area contributed by atoms with Crippen molar-refractivity contribution in [2.24, 2.45) is 5.92 Å². The molecule has 7 nitrogen and oxygen atoms in total. The topological polar surface area (TPSA) is 95.9 Å². The molecule has 2 N–H and O–H groups in total. The van der Waals surface area contributed by atoms with Gasteiger partial charge >= 0.3 is 12.0 Å². The molecule has 0 spiro atoms. The van der Waals surface area contributed by atoms with E-state index >= 15 is 0 Å². The zero-order valence-electron chi connectivity index (χ0n) is 11.3. The van der Waals surface area contributed by atoms with E-state index in [0.29, 0.717) is 12.5 Å². The summed E-state index contributed by atoms with van der Waals surface area (Å²) in [6.45, 7) is -0.277. The van der Waals surface area contributed by atoms with Gasteiger partial charge in [-0.05, 0) is 25.2 Å². The van der Waals surface area contributed by atoms with E-state index in [1.54, 1.807) is 4.90 Å². The molecular weight excluding hydrogens is 264 g/mol. The Bertz CT molecular complexity index is 398. The molecule has 2 fully saturated rings. The maximum atomic E-state index is 12.0. The van der Waals surface area contributed by atoms with Crippen molar-refractivity contribution < 1.29 is 24.2 Å². The second-order valence-electron chi connectivity index (χ2n) is 5.33. The molecule has 20 heavy (non-hydrogen) atoms. The maximum Gasteiger partial charge on any atom is 0.329 e. The van der Waals surface area contributed by atoms with E-state index in [0.717, 1.165) is 25.7 Å². The first-order chi connectivity index (χ1) is 9.58. The highest BCUT2D eigenvalue weighted by atomic mass is 16.5. The molecule has 3 amide bonds. The normalized spacial score (nSPS) is 25.1. The highest BCUT2D eigenvalue weighted by molar-refractivity contribution is 5.95. The van der Waals surface area contributed by atoms with Crippen LogP contribution >= 0.6 is 0 Å². The Morgan fingerprint density at radius 1 is 1.15 bits per heavy atom. The minimum absolute atomic E-state index is 0.247. The average Bonchev–Trinajstić information content (AvgIpc) is 2.82. The van der Waals surface area contributed by atoms with E-state index < -0.39 is 25.1 Å². The number of hydrogen-bond donors (Lipinski definition) is 2. The summed E-state index contributed by atoms with van der Waals surface area (Å²) in [5.41, 5.74) is 0. The number of likely N-dealkylation sites (tertiary alicyclic amines) is 1. The molecule has 112 valence electrons. The van der Waals surface area contributed by atoms with Crippen LogP contribution in [-0.2, 0) is 14.3 Å². The minimum atomic E-state index is -1.14. The minimum Gasteiger partial charge on any atom is -0.480 e. The molecule has 2 atom stereocenters. The van der Waals surface area contributed by atoms with Crippen molar-refractivity contribution in [1.82, 2.24) is 10.2 Å². The molecule has 1 saturated heterocycles. The van der Waals surface area contributed by atoms with Crippen LogP contribution in [0.2, 0.25) is 0 Å². The molecule has 0 bridgehead atoms. The zero-order chi connectivity index (χ0) is 14.5. The highest BCUT2D eigenvalue weighted by Gasteiger charge is 2.38. The fourth-order valence-corrected chi connectivity index (χ4v) is 3.12. The number of nitrogens with one attached hydrogen (secondary N) is 1. The first-order valence-electron chi connectivity index (χ1n) is 6.98. The summed E-state index contributed by atoms with van der Waals surface area (Å²) in [6.07, 6.45) is 5.51. The number of nitrogens with zero attached hydrogens (tertiary/aromatic N) is 1. The number of fused-ring (bicyclic) bond motifs is 1. The number of carboxylic acids is 1. The molecule has 2 aliphatic rings. The van der Waals surface area contributed by atoms with Crippen LogP contribution in [0.4, 0.5) is 4.79 Å². The molecule has 1 saturated carbocycles. The molecule has 0 aromatic carbocycles. The van der Waals surface area contributed by atoms with E-state index in [1.807, 2.05) is 0 Å². The lowest BCUT2D eigenvalue weighted by Crippen LogP contribution is -2.47. The first-order valence-corrected chi connectivity index (χ1v) is 6.98. The summed E-state index contributed by atoms with van der Waals surface area (Å²) in [5, 5.41) is 10.6. The lowest BCUT2D eigenvalue weighted by Gasteiger charge is -2.31. The van der Waals surface area contributed by atoms with E-state index in [2.05, 4.69) is 10.1 Å². The zero-order valence-corrected chi connectivity index (χ0v) is 11.3. The van der Waals surface area contributed by atoms with Gasteiger partial charge in [0, 0.05) is 12.6 Å². The number of ether oxygens (including phenoxy) is 1. The Labute approximate surface area is 117 Å². The Morgan fingerprint density at radius 3 is 2.65 bits per heavy atom. The Morgan fingerprint density at radius 2 is 1.90 bits per heavy atom. The predicted octanol–water partition coefficient (Wildman–Crippen LogP) is 0.588. The largest absolute Gasteiger partial charge is 0.480 e. The van der Waals surface area contributed by atoms with Gasteiger partial charge in [0.1, 0.15) is 13.2 Å². The molecule has 1 heterocycles. The fourth-order valence-electron chi connectivity index (χ4n) is 3.12. The van der Waals surface area contributed by atoms with Crippen LogP contribution < -0.4 is 5.32 Å². The number of carbonyl (C=O) groups is 3. The summed E-state index contributed by atoms with van der Waals surface area (Å²) >= 11 is 0. The van der Waals surface area contributed by atoms with E-state index in [4.69, 9.17) is 5.11 Å². The number of imide groups is 1. The highest BCUT2D eigenvalue weighted by Crippen LogP contribution is 2.35. The third-order valence-corrected chi connectivity index (χ3v) is 3.98. The van der Waals surface area contributed by atoms with Gasteiger partial charge in [-0.1, -0.05) is 12.8 Å². The molecule has 0 radical (unpaired) electrons. The standard InChI is InChI=1S/C13H20N2O5/c16-11(7-20-8-12(17)18)14-13(19)15-6-5-9-3-1-2-4-10(9)15/h9-10H,1-8H2,(H,17,18)(H,14,16,19). The number of hydrogen-bond acceptors (Lipinski definition) is 4. The fraction of sp³-hybridized carbons (Fsp3) is 0.769. The van der Waals surface area contributed by atoms with Crippen LogP contribution in [0.3, 0.4) is 0 Å². The van der Waals surface area contributed by atoms with Crippen molar-refractivity contribution in [2.45, 2.75) is 38.1 Å². The van der Waals surface area contributed by atoms with E-state index in [-0.39, 0.29) is 12.1 Å². The number of carboxylic acid groups (broad SMARTS) is 1. The third-order valence-electron chi connectivity index (χ3n) is 3.98. The van der Waals surface area contributed by atoms with Gasteiger partial charge in [0.05, 0.1) is 0 Å². The van der Waals surface area contributed by atoms with Crippen LogP contribution in [-0.4, -0.2) is 53.7 Å². The predicted molar refractivity (Wildman–Crippen MR) is 69.1 cm³/mol.